The normalized spacial score (nSPS) is 26.9. The van der Waals surface area contributed by atoms with Gasteiger partial charge in [-0.05, 0) is 50.0 Å². The Balaban J connectivity index is 0.00000161. The van der Waals surface area contributed by atoms with Crippen molar-refractivity contribution >= 4 is 34.2 Å². The third-order valence-electron chi connectivity index (χ3n) is 4.38. The molecule has 1 atom stereocenters. The first-order chi connectivity index (χ1) is 9.67. The number of nitrogens with one attached hydrogen (secondary N) is 1. The molecule has 1 unspecified atom stereocenters. The Morgan fingerprint density at radius 3 is 2.67 bits per heavy atom. The molecule has 3 saturated heterocycles. The summed E-state index contributed by atoms with van der Waals surface area (Å²) >= 11 is 3.41. The Kier molecular flexibility index (Phi) is 5.52. The first-order valence-corrected chi connectivity index (χ1v) is 7.83. The molecule has 3 heterocycles. The third kappa shape index (κ3) is 3.52. The van der Waals surface area contributed by atoms with E-state index in [1.807, 2.05) is 18.2 Å². The molecule has 1 aromatic rings. The predicted molar refractivity (Wildman–Crippen MR) is 88.4 cm³/mol. The fourth-order valence-electron chi connectivity index (χ4n) is 3.23. The monoisotopic (exact) mass is 374 g/mol. The second kappa shape index (κ2) is 6.99. The predicted octanol–water partition coefficient (Wildman–Crippen LogP) is 2.70. The van der Waals surface area contributed by atoms with Crippen LogP contribution >= 0.6 is 28.3 Å². The van der Waals surface area contributed by atoms with Gasteiger partial charge in [0.15, 0.2) is 0 Å². The Morgan fingerprint density at radius 1 is 1.38 bits per heavy atom. The van der Waals surface area contributed by atoms with Crippen molar-refractivity contribution in [2.75, 3.05) is 26.7 Å². The van der Waals surface area contributed by atoms with Crippen molar-refractivity contribution in [2.45, 2.75) is 18.9 Å². The highest BCUT2D eigenvalue weighted by Crippen LogP contribution is 2.28. The highest BCUT2D eigenvalue weighted by atomic mass is 79.9. The number of ether oxygens (including phenoxy) is 1. The minimum absolute atomic E-state index is 0. The third-order valence-corrected chi connectivity index (χ3v) is 4.87. The van der Waals surface area contributed by atoms with Gasteiger partial charge in [-0.1, -0.05) is 15.9 Å². The van der Waals surface area contributed by atoms with E-state index < -0.39 is 0 Å². The van der Waals surface area contributed by atoms with Gasteiger partial charge in [0.05, 0.1) is 12.7 Å². The standard InChI is InChI=1S/C15H19BrN2O2.ClH/c1-20-14-3-2-11(16)8-12(14)15(19)17-13-9-18-6-4-10(13)5-7-18;/h2-3,8,10,13H,4-7,9H2,1H3,(H,17,19);1H. The van der Waals surface area contributed by atoms with Crippen molar-refractivity contribution in [1.82, 2.24) is 10.2 Å². The lowest BCUT2D eigenvalue weighted by Gasteiger charge is -2.44. The second-order valence-corrected chi connectivity index (χ2v) is 6.48. The molecule has 4 rings (SSSR count). The lowest BCUT2D eigenvalue weighted by Crippen LogP contribution is -2.57. The zero-order valence-corrected chi connectivity index (χ0v) is 14.4. The summed E-state index contributed by atoms with van der Waals surface area (Å²) in [6.07, 6.45) is 2.39. The van der Waals surface area contributed by atoms with E-state index in [9.17, 15) is 4.79 Å². The summed E-state index contributed by atoms with van der Waals surface area (Å²) in [4.78, 5) is 14.9. The number of fused-ring (bicyclic) bond motifs is 3. The van der Waals surface area contributed by atoms with Gasteiger partial charge < -0.3 is 15.0 Å². The lowest BCUT2D eigenvalue weighted by molar-refractivity contribution is 0.0619. The summed E-state index contributed by atoms with van der Waals surface area (Å²) in [6, 6.07) is 5.78. The minimum Gasteiger partial charge on any atom is -0.496 e. The molecule has 1 N–H and O–H groups in total. The Hall–Kier alpha value is -0.780. The van der Waals surface area contributed by atoms with E-state index in [1.165, 1.54) is 25.9 Å². The number of hydrogen-bond donors (Lipinski definition) is 1. The van der Waals surface area contributed by atoms with Crippen molar-refractivity contribution < 1.29 is 9.53 Å². The van der Waals surface area contributed by atoms with Crippen LogP contribution < -0.4 is 10.1 Å². The van der Waals surface area contributed by atoms with E-state index in [4.69, 9.17) is 4.74 Å². The number of carbonyl (C=O) groups is 1. The summed E-state index contributed by atoms with van der Waals surface area (Å²) in [5.41, 5.74) is 0.596. The maximum absolute atomic E-state index is 12.5. The van der Waals surface area contributed by atoms with Crippen LogP contribution in [0.2, 0.25) is 0 Å². The summed E-state index contributed by atoms with van der Waals surface area (Å²) in [7, 11) is 1.59. The topological polar surface area (TPSA) is 41.6 Å². The molecular formula is C15H20BrClN2O2. The van der Waals surface area contributed by atoms with E-state index in [2.05, 4.69) is 26.1 Å². The molecule has 21 heavy (non-hydrogen) atoms. The van der Waals surface area contributed by atoms with E-state index in [1.54, 1.807) is 7.11 Å². The summed E-state index contributed by atoms with van der Waals surface area (Å²) in [5.74, 6) is 1.20. The van der Waals surface area contributed by atoms with Crippen LogP contribution in [0.25, 0.3) is 0 Å². The molecule has 1 amide bonds. The van der Waals surface area contributed by atoms with Gasteiger partial charge in [0.1, 0.15) is 5.75 Å². The summed E-state index contributed by atoms with van der Waals surface area (Å²) < 4.78 is 6.17. The molecule has 0 saturated carbocycles. The molecule has 116 valence electrons. The molecule has 6 heteroatoms. The molecule has 3 fully saturated rings. The fourth-order valence-corrected chi connectivity index (χ4v) is 3.59. The van der Waals surface area contributed by atoms with Crippen molar-refractivity contribution in [1.29, 1.82) is 0 Å². The van der Waals surface area contributed by atoms with Crippen molar-refractivity contribution in [3.63, 3.8) is 0 Å². The molecule has 1 aromatic carbocycles. The minimum atomic E-state index is -0.0399. The van der Waals surface area contributed by atoms with E-state index in [0.29, 0.717) is 17.2 Å². The average molecular weight is 376 g/mol. The SMILES string of the molecule is COc1ccc(Br)cc1C(=O)NC1CN2CCC1CC2.Cl. The first kappa shape index (κ1) is 16.6. The van der Waals surface area contributed by atoms with Crippen molar-refractivity contribution in [3.8, 4) is 5.75 Å². The Labute approximate surface area is 139 Å². The number of benzene rings is 1. The molecule has 3 aliphatic rings. The molecule has 0 aliphatic carbocycles. The molecule has 0 radical (unpaired) electrons. The van der Waals surface area contributed by atoms with Crippen LogP contribution in [0.4, 0.5) is 0 Å². The maximum atomic E-state index is 12.5. The van der Waals surface area contributed by atoms with Gasteiger partial charge in [-0.2, -0.15) is 0 Å². The zero-order chi connectivity index (χ0) is 14.1. The van der Waals surface area contributed by atoms with Gasteiger partial charge in [0.25, 0.3) is 5.91 Å². The van der Waals surface area contributed by atoms with E-state index in [0.717, 1.165) is 11.0 Å². The lowest BCUT2D eigenvalue weighted by atomic mass is 9.84. The number of carbonyl (C=O) groups excluding carboxylic acids is 1. The highest BCUT2D eigenvalue weighted by Gasteiger charge is 2.35. The van der Waals surface area contributed by atoms with E-state index in [-0.39, 0.29) is 24.4 Å². The Bertz CT molecular complexity index is 518. The molecule has 0 spiro atoms. The van der Waals surface area contributed by atoms with Crippen LogP contribution in [-0.4, -0.2) is 43.6 Å². The number of rotatable bonds is 3. The zero-order valence-electron chi connectivity index (χ0n) is 12.0. The van der Waals surface area contributed by atoms with Crippen LogP contribution in [0.15, 0.2) is 22.7 Å². The number of nitrogens with zero attached hydrogens (tertiary/aromatic N) is 1. The van der Waals surface area contributed by atoms with Crippen LogP contribution in [0, 0.1) is 5.92 Å². The number of hydrogen-bond acceptors (Lipinski definition) is 3. The summed E-state index contributed by atoms with van der Waals surface area (Å²) in [5, 5.41) is 3.19. The van der Waals surface area contributed by atoms with Crippen LogP contribution in [-0.2, 0) is 0 Å². The van der Waals surface area contributed by atoms with Crippen molar-refractivity contribution in [2.24, 2.45) is 5.92 Å². The quantitative estimate of drug-likeness (QED) is 0.883. The first-order valence-electron chi connectivity index (χ1n) is 7.04. The van der Waals surface area contributed by atoms with Gasteiger partial charge in [0, 0.05) is 17.1 Å². The molecule has 4 nitrogen and oxygen atoms in total. The number of methoxy groups -OCH3 is 1. The molecule has 0 aromatic heterocycles. The number of amides is 1. The van der Waals surface area contributed by atoms with E-state index >= 15 is 0 Å². The van der Waals surface area contributed by atoms with Gasteiger partial charge in [-0.3, -0.25) is 4.79 Å². The van der Waals surface area contributed by atoms with Crippen LogP contribution in [0.1, 0.15) is 23.2 Å². The van der Waals surface area contributed by atoms with Gasteiger partial charge >= 0.3 is 0 Å². The Morgan fingerprint density at radius 2 is 2.10 bits per heavy atom. The molecular weight excluding hydrogens is 356 g/mol. The smallest absolute Gasteiger partial charge is 0.255 e. The largest absolute Gasteiger partial charge is 0.496 e. The van der Waals surface area contributed by atoms with Crippen LogP contribution in [0.3, 0.4) is 0 Å². The number of halogens is 2. The van der Waals surface area contributed by atoms with Gasteiger partial charge in [-0.25, -0.2) is 0 Å². The van der Waals surface area contributed by atoms with Crippen LogP contribution in [0.5, 0.6) is 5.75 Å². The van der Waals surface area contributed by atoms with Crippen molar-refractivity contribution in [3.05, 3.63) is 28.2 Å². The summed E-state index contributed by atoms with van der Waals surface area (Å²) in [6.45, 7) is 3.33. The fraction of sp³-hybridized carbons (Fsp3) is 0.533. The maximum Gasteiger partial charge on any atom is 0.255 e. The van der Waals surface area contributed by atoms with Gasteiger partial charge in [-0.15, -0.1) is 12.4 Å². The van der Waals surface area contributed by atoms with Gasteiger partial charge in [0.2, 0.25) is 0 Å². The highest BCUT2D eigenvalue weighted by molar-refractivity contribution is 9.10. The average Bonchev–Trinajstić information content (AvgIpc) is 2.48. The molecule has 3 aliphatic heterocycles. The number of piperidine rings is 3. The second-order valence-electron chi connectivity index (χ2n) is 5.56. The molecule has 2 bridgehead atoms.